The Balaban J connectivity index is -0.00000000711. The van der Waals surface area contributed by atoms with Gasteiger partial charge in [-0.2, -0.15) is 0 Å². The van der Waals surface area contributed by atoms with Gasteiger partial charge in [-0.3, -0.25) is 0 Å². The number of hydrogen-bond acceptors (Lipinski definition) is 0. The Morgan fingerprint density at radius 1 is 0.400 bits per heavy atom. The molecule has 0 aromatic heterocycles. The molecule has 0 amide bonds. The van der Waals surface area contributed by atoms with E-state index in [-0.39, 0.29) is 45.1 Å². The van der Waals surface area contributed by atoms with Crippen LogP contribution in [0.2, 0.25) is 0 Å². The Bertz CT molecular complexity index is 133. The predicted octanol–water partition coefficient (Wildman–Crippen LogP) is 3.43. The Kier molecular flexibility index (Phi) is 3040. The van der Waals surface area contributed by atoms with Gasteiger partial charge in [-0.1, -0.05) is 0 Å². The molecule has 0 atom stereocenters. The zero-order valence-corrected chi connectivity index (χ0v) is 16.2. The first-order chi connectivity index (χ1) is 8.83. The summed E-state index contributed by atoms with van der Waals surface area (Å²) in [6.07, 6.45) is 0. The maximum atomic E-state index is 7.50. The van der Waals surface area contributed by atoms with Crippen molar-refractivity contribution in [3.8, 4) is 0 Å². The quantitative estimate of drug-likeness (QED) is 0.254. The van der Waals surface area contributed by atoms with Crippen molar-refractivity contribution in [2.24, 2.45) is 0 Å². The summed E-state index contributed by atoms with van der Waals surface area (Å²) in [5, 5.41) is 0. The molecule has 0 rings (SSSR count). The molecular weight excluding hydrogens is 536 g/mol. The van der Waals surface area contributed by atoms with E-state index in [0.29, 0.717) is 0 Å². The Labute approximate surface area is 150 Å². The van der Waals surface area contributed by atoms with Crippen LogP contribution < -0.4 is 0 Å². The summed E-state index contributed by atoms with van der Waals surface area (Å²) in [5.74, 6) is 0. The van der Waals surface area contributed by atoms with Gasteiger partial charge in [0.1, 0.15) is 0 Å². The Hall–Kier alpha value is 0.847. The van der Waals surface area contributed by atoms with Crippen molar-refractivity contribution in [2.45, 2.75) is 0 Å². The molecule has 12 heteroatoms. The summed E-state index contributed by atoms with van der Waals surface area (Å²) >= 11 is -0.691. The third kappa shape index (κ3) is 8370. The van der Waals surface area contributed by atoms with Gasteiger partial charge in [-0.05, 0) is 0 Å². The van der Waals surface area contributed by atoms with Crippen LogP contribution in [-0.2, 0) is 58.2 Å². The van der Waals surface area contributed by atoms with Crippen LogP contribution in [-0.4, -0.2) is 0 Å². The van der Waals surface area contributed by atoms with E-state index in [1.54, 1.807) is 0 Å². The first-order valence-electron chi connectivity index (χ1n) is 1.76. The average Bonchev–Trinajstić information content (AvgIpc) is 2.52. The molecule has 0 N–H and O–H groups in total. The van der Waals surface area contributed by atoms with E-state index in [1.165, 1.54) is 0 Å². The van der Waals surface area contributed by atoms with Gasteiger partial charge in [0.05, 0.1) is 0 Å². The summed E-state index contributed by atoms with van der Waals surface area (Å²) in [6, 6.07) is 0. The predicted molar refractivity (Wildman–Crippen MR) is 59.8 cm³/mol. The standard InChI is InChI=1S/6CO.2CH3.4ClH.2Ru/c6*1-2;;;;;;;;/h;;;;;;2*1H3;4*1H;;/q;;;;;;2*-1;;;;;2*+2/p-4. The van der Waals surface area contributed by atoms with Crippen LogP contribution in [0.5, 0.6) is 0 Å². The Morgan fingerprint density at radius 3 is 0.400 bits per heavy atom. The topological polar surface area (TPSA) is 119 Å². The first-order valence-corrected chi connectivity index (χ1v) is 10.7. The fraction of sp³-hybridized carbons (Fsp3) is 0. The van der Waals surface area contributed by atoms with Gasteiger partial charge in [0.25, 0.3) is 0 Å². The van der Waals surface area contributed by atoms with E-state index in [0.717, 1.165) is 0 Å². The zero-order chi connectivity index (χ0) is 17.4. The number of hydrogen-bond donors (Lipinski definition) is 0. The van der Waals surface area contributed by atoms with Gasteiger partial charge in [-0.15, -0.1) is 0 Å². The minimum atomic E-state index is -0.346. The molecule has 0 unspecified atom stereocenters. The van der Waals surface area contributed by atoms with E-state index < -0.39 is 0 Å². The molecule has 0 bridgehead atoms. The molecular formula is C8H6Cl4O6Ru2-2. The van der Waals surface area contributed by atoms with E-state index in [2.05, 4.69) is 39.9 Å². The third-order valence-corrected chi connectivity index (χ3v) is 0. The molecule has 0 aliphatic rings. The fourth-order valence-electron chi connectivity index (χ4n) is 0. The van der Waals surface area contributed by atoms with Crippen molar-refractivity contribution in [1.29, 1.82) is 0 Å². The molecule has 0 saturated heterocycles. The first kappa shape index (κ1) is 69.8. The summed E-state index contributed by atoms with van der Waals surface area (Å²) in [7, 11) is 19.4. The van der Waals surface area contributed by atoms with Gasteiger partial charge in [0.2, 0.25) is 0 Å². The van der Waals surface area contributed by atoms with Crippen LogP contribution >= 0.6 is 38.8 Å². The molecule has 0 saturated carbocycles. The summed E-state index contributed by atoms with van der Waals surface area (Å²) in [4.78, 5) is 0. The van der Waals surface area contributed by atoms with Crippen LogP contribution in [0.15, 0.2) is 0 Å². The van der Waals surface area contributed by atoms with Crippen LogP contribution in [0.1, 0.15) is 0 Å². The number of rotatable bonds is 0. The van der Waals surface area contributed by atoms with E-state index in [9.17, 15) is 0 Å². The van der Waals surface area contributed by atoms with Gasteiger partial charge in [0, 0.05) is 0 Å². The summed E-state index contributed by atoms with van der Waals surface area (Å²) in [6.45, 7) is 27.0. The van der Waals surface area contributed by atoms with Crippen molar-refractivity contribution >= 4 is 38.8 Å². The van der Waals surface area contributed by atoms with Crippen LogP contribution in [0.4, 0.5) is 0 Å². The molecule has 0 fully saturated rings. The molecule has 6 nitrogen and oxygen atoms in total. The molecule has 0 aromatic rings. The monoisotopic (exact) mass is 542 g/mol. The van der Waals surface area contributed by atoms with Gasteiger partial charge < -0.3 is 14.9 Å². The maximum absolute atomic E-state index is 7.50. The second-order valence-corrected chi connectivity index (χ2v) is 5.38. The van der Waals surface area contributed by atoms with Crippen LogP contribution in [0.25, 0.3) is 0 Å². The molecule has 0 aromatic carbocycles. The zero-order valence-electron chi connectivity index (χ0n) is 9.67. The van der Waals surface area contributed by atoms with Crippen LogP contribution in [0.3, 0.4) is 0 Å². The van der Waals surface area contributed by atoms with Crippen molar-refractivity contribution in [1.82, 2.24) is 0 Å². The molecule has 20 heavy (non-hydrogen) atoms. The summed E-state index contributed by atoms with van der Waals surface area (Å²) in [5.41, 5.74) is 0. The minimum absolute atomic E-state index is 0. The average molecular weight is 542 g/mol. The van der Waals surface area contributed by atoms with E-state index in [1.807, 2.05) is 0 Å². The molecule has 0 radical (unpaired) electrons. The molecule has 0 heterocycles. The van der Waals surface area contributed by atoms with Gasteiger partial charge in [-0.25, -0.2) is 0 Å². The van der Waals surface area contributed by atoms with Crippen molar-refractivity contribution in [3.05, 3.63) is 54.8 Å². The van der Waals surface area contributed by atoms with Gasteiger partial charge in [0.15, 0.2) is 0 Å². The van der Waals surface area contributed by atoms with Crippen LogP contribution in [0, 0.1) is 54.8 Å². The second-order valence-electron chi connectivity index (χ2n) is 0.101. The molecule has 0 aliphatic heterocycles. The van der Waals surface area contributed by atoms with Gasteiger partial charge >= 0.3 is 137 Å². The van der Waals surface area contributed by atoms with Crippen molar-refractivity contribution in [3.63, 3.8) is 0 Å². The van der Waals surface area contributed by atoms with E-state index in [4.69, 9.17) is 66.7 Å². The van der Waals surface area contributed by atoms with Crippen molar-refractivity contribution < 1.29 is 58.2 Å². The summed E-state index contributed by atoms with van der Waals surface area (Å²) < 4.78 is 45.0. The fourth-order valence-corrected chi connectivity index (χ4v) is 0. The van der Waals surface area contributed by atoms with E-state index >= 15 is 0 Å². The third-order valence-electron chi connectivity index (χ3n) is 0. The molecule has 120 valence electrons. The number of halogens is 4. The normalized spacial score (nSPS) is 2.80. The molecule has 0 spiro atoms. The second kappa shape index (κ2) is 870. The SMILES string of the molecule is [C-]#[O+].[C-]#[O+].[C-]#[O+].[C-]#[O+].[C-]#[O+].[C-]#[O+].[CH3-].[CH3-].[Cl][Ru][Cl].[Cl][Ru][Cl]. The Morgan fingerprint density at radius 2 is 0.400 bits per heavy atom. The molecule has 0 aliphatic carbocycles. The van der Waals surface area contributed by atoms with Crippen molar-refractivity contribution in [2.75, 3.05) is 0 Å².